The minimum atomic E-state index is -0.854. The molecular formula is CoS3. The summed E-state index contributed by atoms with van der Waals surface area (Å²) < 4.78 is 0. The normalized spacial score (nSPS) is 8.25. The summed E-state index contributed by atoms with van der Waals surface area (Å²) in [7, 11) is 12.1. The Balaban J connectivity index is 4.65. The van der Waals surface area contributed by atoms with Crippen molar-refractivity contribution in [2.75, 3.05) is 0 Å². The maximum absolute atomic E-state index is 4.31. The molecule has 0 aliphatic carbocycles. The molecular weight excluding hydrogens is 155 g/mol. The van der Waals surface area contributed by atoms with E-state index in [4.69, 9.17) is 0 Å². The van der Waals surface area contributed by atoms with Gasteiger partial charge in [0, 0.05) is 0 Å². The van der Waals surface area contributed by atoms with Gasteiger partial charge in [-0.25, -0.2) is 0 Å². The van der Waals surface area contributed by atoms with Crippen LogP contribution < -0.4 is 0 Å². The molecule has 27 valence electrons. The van der Waals surface area contributed by atoms with Crippen LogP contribution in [0.3, 0.4) is 0 Å². The molecule has 0 aromatic carbocycles. The van der Waals surface area contributed by atoms with Gasteiger partial charge >= 0.3 is 40.6 Å². The first-order valence-electron chi connectivity index (χ1n) is 0.408. The van der Waals surface area contributed by atoms with Gasteiger partial charge in [0.1, 0.15) is 0 Å². The van der Waals surface area contributed by atoms with Crippen LogP contribution in [0.5, 0.6) is 0 Å². The van der Waals surface area contributed by atoms with Crippen molar-refractivity contribution in [3.8, 4) is 0 Å². The van der Waals surface area contributed by atoms with E-state index in [1.54, 1.807) is 0 Å². The first-order chi connectivity index (χ1) is 1.73. The van der Waals surface area contributed by atoms with Crippen molar-refractivity contribution in [1.29, 1.82) is 0 Å². The summed E-state index contributed by atoms with van der Waals surface area (Å²) in [5.41, 5.74) is 0. The first-order valence-corrected chi connectivity index (χ1v) is 5.05. The molecule has 0 saturated carbocycles. The van der Waals surface area contributed by atoms with Crippen molar-refractivity contribution in [3.05, 3.63) is 0 Å². The Morgan fingerprint density at radius 2 is 1.00 bits per heavy atom. The fourth-order valence-corrected chi connectivity index (χ4v) is 0. The predicted molar refractivity (Wildman–Crippen MR) is 22.8 cm³/mol. The molecule has 0 bridgehead atoms. The first kappa shape index (κ1) is 5.17. The van der Waals surface area contributed by atoms with Gasteiger partial charge in [0.25, 0.3) is 0 Å². The van der Waals surface area contributed by atoms with Gasteiger partial charge in [0.2, 0.25) is 0 Å². The van der Waals surface area contributed by atoms with Crippen molar-refractivity contribution in [2.45, 2.75) is 0 Å². The van der Waals surface area contributed by atoms with Crippen LogP contribution >= 0.6 is 31.8 Å². The van der Waals surface area contributed by atoms with E-state index in [0.717, 1.165) is 0 Å². The second kappa shape index (κ2) is 2.41. The van der Waals surface area contributed by atoms with Crippen molar-refractivity contribution in [3.63, 3.8) is 0 Å². The summed E-state index contributed by atoms with van der Waals surface area (Å²) in [6, 6.07) is 0. The molecule has 0 spiro atoms. The van der Waals surface area contributed by atoms with Crippen LogP contribution in [0, 0.1) is 0 Å². The molecule has 0 heterocycles. The number of hydrogen-bond donors (Lipinski definition) is 0. The van der Waals surface area contributed by atoms with Crippen molar-refractivity contribution < 1.29 is 8.81 Å². The molecule has 0 atom stereocenters. The van der Waals surface area contributed by atoms with E-state index in [1.165, 1.54) is 0 Å². The van der Waals surface area contributed by atoms with E-state index in [2.05, 4.69) is 31.8 Å². The molecule has 0 fully saturated rings. The van der Waals surface area contributed by atoms with E-state index in [-0.39, 0.29) is 0 Å². The van der Waals surface area contributed by atoms with Crippen molar-refractivity contribution in [1.82, 2.24) is 0 Å². The predicted octanol–water partition coefficient (Wildman–Crippen LogP) is 1.94. The molecule has 0 aromatic rings. The average Bonchev–Trinajstić information content (AvgIpc) is 0.811. The standard InChI is InChI=1S/Co.3S. The Bertz CT molecular complexity index is 72.7. The van der Waals surface area contributed by atoms with Gasteiger partial charge in [-0.2, -0.15) is 0 Å². The summed E-state index contributed by atoms with van der Waals surface area (Å²) in [6.07, 6.45) is 0. The van der Waals surface area contributed by atoms with Gasteiger partial charge in [-0.05, 0) is 0 Å². The second-order valence-electron chi connectivity index (χ2n) is 0.167. The van der Waals surface area contributed by atoms with Crippen LogP contribution in [0.4, 0.5) is 0 Å². The zero-order valence-corrected chi connectivity index (χ0v) is 5.05. The molecule has 0 aliphatic rings. The summed E-state index contributed by atoms with van der Waals surface area (Å²) in [4.78, 5) is 0. The fraction of sp³-hybridized carbons (Fsp3) is 0. The van der Waals surface area contributed by atoms with Crippen molar-refractivity contribution >= 4 is 31.8 Å². The Morgan fingerprint density at radius 1 is 1.00 bits per heavy atom. The topological polar surface area (TPSA) is 0 Å². The van der Waals surface area contributed by atoms with E-state index in [1.807, 2.05) is 0 Å². The number of hydrogen-bond acceptors (Lipinski definition) is 3. The molecule has 0 unspecified atom stereocenters. The van der Waals surface area contributed by atoms with Crippen molar-refractivity contribution in [2.24, 2.45) is 0 Å². The van der Waals surface area contributed by atoms with Gasteiger partial charge in [-0.1, -0.05) is 0 Å². The van der Waals surface area contributed by atoms with Crippen LogP contribution in [0.2, 0.25) is 0 Å². The maximum atomic E-state index is 4.31. The second-order valence-corrected chi connectivity index (χ2v) is 6.18. The van der Waals surface area contributed by atoms with E-state index in [9.17, 15) is 0 Å². The molecule has 0 aliphatic heterocycles. The quantitative estimate of drug-likeness (QED) is 0.524. The molecule has 0 rings (SSSR count). The van der Waals surface area contributed by atoms with Gasteiger partial charge in [-0.3, -0.25) is 0 Å². The average molecular weight is 155 g/mol. The van der Waals surface area contributed by atoms with Crippen LogP contribution in [0.25, 0.3) is 0 Å². The molecule has 0 aromatic heterocycles. The zero-order chi connectivity index (χ0) is 3.58. The SMILES string of the molecule is [S]=[Co](=[S])=[S]. The Kier molecular flexibility index (Phi) is 3.11. The number of rotatable bonds is 0. The van der Waals surface area contributed by atoms with Crippen LogP contribution in [0.1, 0.15) is 0 Å². The molecule has 0 amide bonds. The minimum absolute atomic E-state index is 0.854. The summed E-state index contributed by atoms with van der Waals surface area (Å²) in [5, 5.41) is 0. The van der Waals surface area contributed by atoms with E-state index >= 15 is 0 Å². The van der Waals surface area contributed by atoms with Crippen LogP contribution in [0.15, 0.2) is 0 Å². The third-order valence-electron chi connectivity index (χ3n) is 0. The van der Waals surface area contributed by atoms with Gasteiger partial charge in [-0.15, -0.1) is 0 Å². The molecule has 0 N–H and O–H groups in total. The van der Waals surface area contributed by atoms with Gasteiger partial charge in [0.05, 0.1) is 0 Å². The Hall–Kier alpha value is 1.17. The van der Waals surface area contributed by atoms with Crippen LogP contribution in [-0.4, -0.2) is 0 Å². The summed E-state index contributed by atoms with van der Waals surface area (Å²) >= 11 is 0. The summed E-state index contributed by atoms with van der Waals surface area (Å²) in [6.45, 7) is 0. The molecule has 4 heteroatoms. The molecule has 4 heavy (non-hydrogen) atoms. The monoisotopic (exact) mass is 155 g/mol. The van der Waals surface area contributed by atoms with Crippen LogP contribution in [-0.2, 0) is 8.81 Å². The molecule has 0 radical (unpaired) electrons. The molecule has 0 nitrogen and oxygen atoms in total. The Labute approximate surface area is 40.6 Å². The zero-order valence-electron chi connectivity index (χ0n) is 1.56. The van der Waals surface area contributed by atoms with E-state index < -0.39 is 8.81 Å². The summed E-state index contributed by atoms with van der Waals surface area (Å²) in [5.74, 6) is 0. The fourth-order valence-electron chi connectivity index (χ4n) is 0. The van der Waals surface area contributed by atoms with Gasteiger partial charge < -0.3 is 0 Å². The molecule has 0 saturated heterocycles. The third kappa shape index (κ3) is 10.9. The van der Waals surface area contributed by atoms with E-state index in [0.29, 0.717) is 0 Å². The van der Waals surface area contributed by atoms with Gasteiger partial charge in [0.15, 0.2) is 0 Å². The third-order valence-corrected chi connectivity index (χ3v) is 0. The Morgan fingerprint density at radius 3 is 1.00 bits per heavy atom.